The van der Waals surface area contributed by atoms with E-state index in [0.29, 0.717) is 48.2 Å². The van der Waals surface area contributed by atoms with Gasteiger partial charge in [-0.1, -0.05) is 35.9 Å². The Morgan fingerprint density at radius 3 is 2.59 bits per heavy atom. The minimum Gasteiger partial charge on any atom is -0.493 e. The fourth-order valence-corrected chi connectivity index (χ4v) is 4.27. The van der Waals surface area contributed by atoms with Gasteiger partial charge >= 0.3 is 5.97 Å². The van der Waals surface area contributed by atoms with Gasteiger partial charge in [-0.05, 0) is 65.0 Å². The molecule has 0 bridgehead atoms. The van der Waals surface area contributed by atoms with Crippen molar-refractivity contribution in [3.63, 3.8) is 0 Å². The third-order valence-electron chi connectivity index (χ3n) is 5.36. The maximum atomic E-state index is 12.9. The van der Waals surface area contributed by atoms with Crippen molar-refractivity contribution in [2.75, 3.05) is 32.8 Å². The van der Waals surface area contributed by atoms with Gasteiger partial charge in [-0.25, -0.2) is 4.68 Å². The molecule has 0 radical (unpaired) electrons. The molecule has 37 heavy (non-hydrogen) atoms. The number of hydrogen-bond donors (Lipinski definition) is 1. The van der Waals surface area contributed by atoms with E-state index in [4.69, 9.17) is 30.5 Å². The first kappa shape index (κ1) is 28.3. The second-order valence-corrected chi connectivity index (χ2v) is 9.05. The van der Waals surface area contributed by atoms with E-state index in [9.17, 15) is 9.59 Å². The zero-order valence-electron chi connectivity index (χ0n) is 20.9. The van der Waals surface area contributed by atoms with Crippen molar-refractivity contribution in [1.29, 1.82) is 0 Å². The number of nitrogens with zero attached hydrogens (tertiary/aromatic N) is 2. The van der Waals surface area contributed by atoms with Gasteiger partial charge in [-0.2, -0.15) is 0 Å². The molecule has 0 saturated heterocycles. The van der Waals surface area contributed by atoms with Gasteiger partial charge in [0, 0.05) is 11.6 Å². The molecular weight excluding hydrogens is 566 g/mol. The van der Waals surface area contributed by atoms with Gasteiger partial charge < -0.3 is 24.3 Å². The van der Waals surface area contributed by atoms with Crippen LogP contribution in [-0.2, 0) is 29.0 Å². The Morgan fingerprint density at radius 2 is 1.89 bits per heavy atom. The fourth-order valence-electron chi connectivity index (χ4n) is 3.52. The van der Waals surface area contributed by atoms with Crippen LogP contribution in [0, 0.1) is 0 Å². The van der Waals surface area contributed by atoms with Crippen LogP contribution in [0.1, 0.15) is 24.5 Å². The highest BCUT2D eigenvalue weighted by atomic mass is 79.9. The van der Waals surface area contributed by atoms with Gasteiger partial charge in [0.25, 0.3) is 11.4 Å². The van der Waals surface area contributed by atoms with Gasteiger partial charge in [0.15, 0.2) is 11.5 Å². The van der Waals surface area contributed by atoms with Crippen LogP contribution >= 0.6 is 27.5 Å². The van der Waals surface area contributed by atoms with Gasteiger partial charge in [0.1, 0.15) is 16.7 Å². The number of methoxy groups -OCH3 is 2. The zero-order valence-corrected chi connectivity index (χ0v) is 23.2. The molecule has 0 fully saturated rings. The van der Waals surface area contributed by atoms with Crippen LogP contribution in [0.4, 0.5) is 5.69 Å². The Balaban J connectivity index is 1.82. The molecule has 0 aliphatic rings. The van der Waals surface area contributed by atoms with E-state index < -0.39 is 11.5 Å². The fraction of sp³-hybridized carbons (Fsp3) is 0.346. The number of halogens is 2. The smallest absolute Gasteiger partial charge is 0.327 e. The van der Waals surface area contributed by atoms with Crippen molar-refractivity contribution < 1.29 is 23.7 Å². The second kappa shape index (κ2) is 13.9. The number of aromatic nitrogens is 2. The summed E-state index contributed by atoms with van der Waals surface area (Å²) in [6.07, 6.45) is 1.37. The molecule has 0 spiro atoms. The van der Waals surface area contributed by atoms with Crippen molar-refractivity contribution in [2.45, 2.75) is 32.9 Å². The quantitative estimate of drug-likeness (QED) is 0.221. The van der Waals surface area contributed by atoms with E-state index in [1.807, 2.05) is 36.4 Å². The predicted octanol–water partition coefficient (Wildman–Crippen LogP) is 4.86. The summed E-state index contributed by atoms with van der Waals surface area (Å²) < 4.78 is 22.8. The van der Waals surface area contributed by atoms with Crippen LogP contribution in [0.25, 0.3) is 0 Å². The Morgan fingerprint density at radius 1 is 1.14 bits per heavy atom. The molecule has 2 aromatic carbocycles. The zero-order chi connectivity index (χ0) is 26.8. The Hall–Kier alpha value is -3.24. The molecule has 0 aliphatic heterocycles. The first-order chi connectivity index (χ1) is 17.9. The van der Waals surface area contributed by atoms with E-state index >= 15 is 0 Å². The van der Waals surface area contributed by atoms with Gasteiger partial charge in [0.05, 0.1) is 27.4 Å². The molecule has 1 N–H and O–H groups in total. The summed E-state index contributed by atoms with van der Waals surface area (Å²) in [5.74, 6) is 0.799. The average molecular weight is 595 g/mol. The van der Waals surface area contributed by atoms with Crippen LogP contribution in [0.2, 0.25) is 5.02 Å². The van der Waals surface area contributed by atoms with Crippen molar-refractivity contribution in [2.24, 2.45) is 0 Å². The minimum absolute atomic E-state index is 0.176. The highest BCUT2D eigenvalue weighted by Crippen LogP contribution is 2.31. The average Bonchev–Trinajstić information content (AvgIpc) is 2.90. The number of rotatable bonds is 13. The Bertz CT molecular complexity index is 1280. The lowest BCUT2D eigenvalue weighted by atomic mass is 10.1. The summed E-state index contributed by atoms with van der Waals surface area (Å²) in [4.78, 5) is 24.9. The van der Waals surface area contributed by atoms with Crippen LogP contribution in [0.3, 0.4) is 0 Å². The summed E-state index contributed by atoms with van der Waals surface area (Å²) in [7, 11) is 3.13. The van der Waals surface area contributed by atoms with E-state index in [0.717, 1.165) is 15.8 Å². The highest BCUT2D eigenvalue weighted by Gasteiger charge is 2.19. The number of esters is 1. The molecule has 0 aliphatic carbocycles. The number of carbonyl (C=O) groups excluding carboxylic acids is 1. The molecule has 198 valence electrons. The largest absolute Gasteiger partial charge is 0.493 e. The molecule has 0 unspecified atom stereocenters. The summed E-state index contributed by atoms with van der Waals surface area (Å²) in [6.45, 7) is 2.21. The van der Waals surface area contributed by atoms with Gasteiger partial charge in [0.2, 0.25) is 0 Å². The minimum atomic E-state index is -0.570. The number of benzene rings is 2. The molecule has 1 aromatic heterocycles. The third kappa shape index (κ3) is 7.62. The summed E-state index contributed by atoms with van der Waals surface area (Å²) in [6, 6.07) is 13.1. The van der Waals surface area contributed by atoms with Crippen molar-refractivity contribution in [3.05, 3.63) is 73.4 Å². The lowest BCUT2D eigenvalue weighted by Crippen LogP contribution is -2.29. The van der Waals surface area contributed by atoms with E-state index in [1.165, 1.54) is 0 Å². The Kier molecular flexibility index (Phi) is 10.6. The summed E-state index contributed by atoms with van der Waals surface area (Å²) >= 11 is 9.61. The number of nitrogens with one attached hydrogen (secondary N) is 1. The van der Waals surface area contributed by atoms with E-state index in [2.05, 4.69) is 26.3 Å². The maximum absolute atomic E-state index is 12.9. The molecule has 0 atom stereocenters. The maximum Gasteiger partial charge on any atom is 0.327 e. The first-order valence-electron chi connectivity index (χ1n) is 11.6. The molecule has 9 nitrogen and oxygen atoms in total. The first-order valence-corrected chi connectivity index (χ1v) is 12.8. The number of anilines is 1. The molecule has 0 saturated carbocycles. The standard InChI is InChI=1S/C26H29BrClN3O6/c1-4-36-22(32)16-31-26(33)23(27)24(29-15-17-11-12-20(34-2)21(14-17)35-3)25(30-31)37-13-7-9-18-8-5-6-10-19(18)28/h5-6,8,10-12,14,29H,4,7,9,13,15-16H2,1-3H3. The number of hydrogen-bond acceptors (Lipinski definition) is 8. The van der Waals surface area contributed by atoms with Crippen molar-refractivity contribution >= 4 is 39.2 Å². The monoisotopic (exact) mass is 593 g/mol. The predicted molar refractivity (Wildman–Crippen MR) is 145 cm³/mol. The molecule has 11 heteroatoms. The van der Waals surface area contributed by atoms with Gasteiger partial charge in [-0.15, -0.1) is 5.10 Å². The van der Waals surface area contributed by atoms with E-state index in [1.54, 1.807) is 27.2 Å². The molecule has 0 amide bonds. The second-order valence-electron chi connectivity index (χ2n) is 7.85. The highest BCUT2D eigenvalue weighted by molar-refractivity contribution is 9.10. The lowest BCUT2D eigenvalue weighted by molar-refractivity contribution is -0.144. The van der Waals surface area contributed by atoms with Gasteiger partial charge in [-0.3, -0.25) is 9.59 Å². The Labute approximate surface area is 228 Å². The number of carbonyl (C=O) groups is 1. The molecule has 1 heterocycles. The number of aryl methyl sites for hydroxylation is 1. The molecule has 3 rings (SSSR count). The molecular formula is C26H29BrClN3O6. The van der Waals surface area contributed by atoms with Crippen LogP contribution in [-0.4, -0.2) is 43.2 Å². The van der Waals surface area contributed by atoms with Crippen molar-refractivity contribution in [3.8, 4) is 17.4 Å². The normalized spacial score (nSPS) is 10.6. The van der Waals surface area contributed by atoms with Crippen LogP contribution in [0.5, 0.6) is 17.4 Å². The summed E-state index contributed by atoms with van der Waals surface area (Å²) in [5.41, 5.74) is 1.77. The van der Waals surface area contributed by atoms with E-state index in [-0.39, 0.29) is 23.5 Å². The van der Waals surface area contributed by atoms with Crippen molar-refractivity contribution in [1.82, 2.24) is 9.78 Å². The third-order valence-corrected chi connectivity index (χ3v) is 6.46. The SMILES string of the molecule is CCOC(=O)Cn1nc(OCCCc2ccccc2Cl)c(NCc2ccc(OC)c(OC)c2)c(Br)c1=O. The van der Waals surface area contributed by atoms with Crippen LogP contribution in [0.15, 0.2) is 51.7 Å². The lowest BCUT2D eigenvalue weighted by Gasteiger charge is -2.16. The molecule has 3 aromatic rings. The topological polar surface area (TPSA) is 101 Å². The number of ether oxygens (including phenoxy) is 4. The summed E-state index contributed by atoms with van der Waals surface area (Å²) in [5, 5.41) is 8.23. The van der Waals surface area contributed by atoms with Crippen LogP contribution < -0.4 is 25.1 Å².